The standard InChI is InChI=1S/C25H20N4OS/c1-4-10-19(11-5-1)16-23-26-27-25(30-23)31-18-21-17-29(22-14-8-3-9-15-22)28-24(21)20-12-6-2-7-13-20/h1-15,17H,16,18H2. The van der Waals surface area contributed by atoms with Gasteiger partial charge in [-0.2, -0.15) is 5.10 Å². The summed E-state index contributed by atoms with van der Waals surface area (Å²) < 4.78 is 7.78. The largest absolute Gasteiger partial charge is 0.416 e. The molecule has 5 nitrogen and oxygen atoms in total. The van der Waals surface area contributed by atoms with Crippen LogP contribution in [0.1, 0.15) is 17.0 Å². The molecule has 0 saturated heterocycles. The first-order valence-electron chi connectivity index (χ1n) is 10.0. The van der Waals surface area contributed by atoms with Crippen molar-refractivity contribution >= 4 is 11.8 Å². The van der Waals surface area contributed by atoms with Crippen molar-refractivity contribution < 1.29 is 4.42 Å². The topological polar surface area (TPSA) is 56.7 Å². The highest BCUT2D eigenvalue weighted by Gasteiger charge is 2.15. The Morgan fingerprint density at radius 2 is 1.45 bits per heavy atom. The molecule has 0 unspecified atom stereocenters. The van der Waals surface area contributed by atoms with Gasteiger partial charge in [0, 0.05) is 23.1 Å². The van der Waals surface area contributed by atoms with E-state index < -0.39 is 0 Å². The summed E-state index contributed by atoms with van der Waals surface area (Å²) in [6.45, 7) is 0. The van der Waals surface area contributed by atoms with Gasteiger partial charge in [-0.25, -0.2) is 4.68 Å². The van der Waals surface area contributed by atoms with E-state index in [1.807, 2.05) is 71.4 Å². The minimum atomic E-state index is 0.567. The van der Waals surface area contributed by atoms with E-state index in [-0.39, 0.29) is 0 Å². The molecule has 0 saturated carbocycles. The van der Waals surface area contributed by atoms with Crippen molar-refractivity contribution in [3.8, 4) is 16.9 Å². The minimum absolute atomic E-state index is 0.567. The third-order valence-electron chi connectivity index (χ3n) is 4.86. The van der Waals surface area contributed by atoms with Crippen LogP contribution in [0.2, 0.25) is 0 Å². The zero-order chi connectivity index (χ0) is 20.9. The predicted octanol–water partition coefficient (Wildman–Crippen LogP) is 5.81. The van der Waals surface area contributed by atoms with Gasteiger partial charge in [0.2, 0.25) is 5.89 Å². The molecule has 0 fully saturated rings. The highest BCUT2D eigenvalue weighted by Crippen LogP contribution is 2.29. The lowest BCUT2D eigenvalue weighted by atomic mass is 10.1. The number of hydrogen-bond donors (Lipinski definition) is 0. The zero-order valence-electron chi connectivity index (χ0n) is 16.8. The quantitative estimate of drug-likeness (QED) is 0.309. The zero-order valence-corrected chi connectivity index (χ0v) is 17.6. The van der Waals surface area contributed by atoms with E-state index in [2.05, 4.69) is 40.7 Å². The lowest BCUT2D eigenvalue weighted by molar-refractivity contribution is 0.420. The van der Waals surface area contributed by atoms with E-state index in [4.69, 9.17) is 9.52 Å². The third-order valence-corrected chi connectivity index (χ3v) is 5.72. The lowest BCUT2D eigenvalue weighted by Crippen LogP contribution is -1.93. The normalized spacial score (nSPS) is 11.0. The Morgan fingerprint density at radius 3 is 2.19 bits per heavy atom. The van der Waals surface area contributed by atoms with E-state index >= 15 is 0 Å². The average Bonchev–Trinajstić information content (AvgIpc) is 3.46. The third kappa shape index (κ3) is 4.59. The van der Waals surface area contributed by atoms with Gasteiger partial charge in [0.25, 0.3) is 5.22 Å². The molecule has 6 heteroatoms. The summed E-state index contributed by atoms with van der Waals surface area (Å²) in [7, 11) is 0. The van der Waals surface area contributed by atoms with Gasteiger partial charge in [0.05, 0.1) is 17.8 Å². The smallest absolute Gasteiger partial charge is 0.276 e. The summed E-state index contributed by atoms with van der Waals surface area (Å²) in [5.41, 5.74) is 5.34. The van der Waals surface area contributed by atoms with Crippen LogP contribution in [0.5, 0.6) is 0 Å². The number of nitrogens with zero attached hydrogens (tertiary/aromatic N) is 4. The van der Waals surface area contributed by atoms with Crippen LogP contribution in [0, 0.1) is 0 Å². The van der Waals surface area contributed by atoms with Crippen molar-refractivity contribution in [2.45, 2.75) is 17.4 Å². The number of hydrogen-bond acceptors (Lipinski definition) is 5. The molecule has 0 spiro atoms. The first-order valence-corrected chi connectivity index (χ1v) is 11.0. The molecule has 0 atom stereocenters. The molecule has 0 radical (unpaired) electrons. The van der Waals surface area contributed by atoms with Crippen molar-refractivity contribution in [2.24, 2.45) is 0 Å². The Labute approximate surface area is 184 Å². The number of rotatable bonds is 7. The van der Waals surface area contributed by atoms with E-state index in [0.29, 0.717) is 23.3 Å². The summed E-state index contributed by atoms with van der Waals surface area (Å²) in [4.78, 5) is 0. The molecule has 5 rings (SSSR count). The SMILES string of the molecule is c1ccc(Cc2nnc(SCc3cn(-c4ccccc4)nc3-c3ccccc3)o2)cc1. The number of aromatic nitrogens is 4. The van der Waals surface area contributed by atoms with Crippen LogP contribution < -0.4 is 0 Å². The second-order valence-corrected chi connectivity index (χ2v) is 7.99. The molecule has 5 aromatic rings. The van der Waals surface area contributed by atoms with Crippen molar-refractivity contribution in [1.82, 2.24) is 20.0 Å². The van der Waals surface area contributed by atoms with Crippen LogP contribution in [-0.4, -0.2) is 20.0 Å². The van der Waals surface area contributed by atoms with E-state index in [1.165, 1.54) is 11.8 Å². The average molecular weight is 425 g/mol. The van der Waals surface area contributed by atoms with E-state index in [0.717, 1.165) is 28.1 Å². The van der Waals surface area contributed by atoms with Crippen LogP contribution in [0.15, 0.2) is 107 Å². The molecule has 31 heavy (non-hydrogen) atoms. The summed E-state index contributed by atoms with van der Waals surface area (Å²) in [6.07, 6.45) is 2.71. The van der Waals surface area contributed by atoms with Gasteiger partial charge < -0.3 is 4.42 Å². The van der Waals surface area contributed by atoms with Crippen LogP contribution in [0.3, 0.4) is 0 Å². The van der Waals surface area contributed by atoms with Crippen LogP contribution >= 0.6 is 11.8 Å². The second-order valence-electron chi connectivity index (χ2n) is 7.06. The molecule has 0 amide bonds. The highest BCUT2D eigenvalue weighted by molar-refractivity contribution is 7.98. The molecule has 3 aromatic carbocycles. The fourth-order valence-electron chi connectivity index (χ4n) is 3.35. The Morgan fingerprint density at radius 1 is 0.774 bits per heavy atom. The Hall–Kier alpha value is -3.64. The number of thioether (sulfide) groups is 1. The second kappa shape index (κ2) is 9.02. The monoisotopic (exact) mass is 424 g/mol. The first kappa shape index (κ1) is 19.3. The molecule has 2 heterocycles. The molecule has 2 aromatic heterocycles. The molecular formula is C25H20N4OS. The molecule has 0 N–H and O–H groups in total. The lowest BCUT2D eigenvalue weighted by Gasteiger charge is -2.01. The van der Waals surface area contributed by atoms with Crippen molar-refractivity contribution in [3.63, 3.8) is 0 Å². The van der Waals surface area contributed by atoms with Crippen LogP contribution in [-0.2, 0) is 12.2 Å². The summed E-state index contributed by atoms with van der Waals surface area (Å²) in [6, 6.07) is 30.5. The minimum Gasteiger partial charge on any atom is -0.416 e. The molecule has 0 aliphatic rings. The molecule has 0 bridgehead atoms. The highest BCUT2D eigenvalue weighted by atomic mass is 32.2. The van der Waals surface area contributed by atoms with Gasteiger partial charge in [-0.1, -0.05) is 90.6 Å². The van der Waals surface area contributed by atoms with Crippen LogP contribution in [0.25, 0.3) is 16.9 Å². The maximum atomic E-state index is 5.86. The van der Waals surface area contributed by atoms with E-state index in [1.54, 1.807) is 0 Å². The summed E-state index contributed by atoms with van der Waals surface area (Å²) in [5.74, 6) is 1.31. The molecule has 0 aliphatic heterocycles. The van der Waals surface area contributed by atoms with Gasteiger partial charge in [0.15, 0.2) is 0 Å². The maximum absolute atomic E-state index is 5.86. The number of para-hydroxylation sites is 1. The summed E-state index contributed by atoms with van der Waals surface area (Å²) >= 11 is 1.53. The van der Waals surface area contributed by atoms with Crippen molar-refractivity contribution in [2.75, 3.05) is 0 Å². The molecular weight excluding hydrogens is 404 g/mol. The van der Waals surface area contributed by atoms with Gasteiger partial charge in [-0.05, 0) is 17.7 Å². The van der Waals surface area contributed by atoms with Crippen molar-refractivity contribution in [3.05, 3.63) is 114 Å². The van der Waals surface area contributed by atoms with Crippen molar-refractivity contribution in [1.29, 1.82) is 0 Å². The summed E-state index contributed by atoms with van der Waals surface area (Å²) in [5, 5.41) is 13.8. The number of benzene rings is 3. The van der Waals surface area contributed by atoms with Crippen LogP contribution in [0.4, 0.5) is 0 Å². The maximum Gasteiger partial charge on any atom is 0.276 e. The fourth-order valence-corrected chi connectivity index (χ4v) is 4.09. The molecule has 152 valence electrons. The van der Waals surface area contributed by atoms with Gasteiger partial charge in [0.1, 0.15) is 0 Å². The molecule has 0 aliphatic carbocycles. The first-order chi connectivity index (χ1) is 15.3. The van der Waals surface area contributed by atoms with Gasteiger partial charge >= 0.3 is 0 Å². The Balaban J connectivity index is 1.37. The fraction of sp³-hybridized carbons (Fsp3) is 0.0800. The Kier molecular flexibility index (Phi) is 5.62. The van der Waals surface area contributed by atoms with E-state index in [9.17, 15) is 0 Å². The Bertz CT molecular complexity index is 1250. The van der Waals surface area contributed by atoms with Gasteiger partial charge in [-0.15, -0.1) is 10.2 Å². The predicted molar refractivity (Wildman–Crippen MR) is 122 cm³/mol. The van der Waals surface area contributed by atoms with Gasteiger partial charge in [-0.3, -0.25) is 0 Å².